The van der Waals surface area contributed by atoms with Crippen LogP contribution >= 0.6 is 22.6 Å². The zero-order valence-electron chi connectivity index (χ0n) is 12.3. The van der Waals surface area contributed by atoms with Crippen molar-refractivity contribution in [2.24, 2.45) is 23.7 Å². The molecule has 18 heavy (non-hydrogen) atoms. The minimum atomic E-state index is 0.776. The predicted molar refractivity (Wildman–Crippen MR) is 89.1 cm³/mol. The molecule has 0 radical (unpaired) electrons. The Morgan fingerprint density at radius 1 is 1.33 bits per heavy atom. The van der Waals surface area contributed by atoms with Crippen LogP contribution in [0.25, 0.3) is 0 Å². The van der Waals surface area contributed by atoms with E-state index in [4.69, 9.17) is 0 Å². The van der Waals surface area contributed by atoms with E-state index >= 15 is 0 Å². The zero-order chi connectivity index (χ0) is 13.3. The van der Waals surface area contributed by atoms with Crippen LogP contribution in [-0.4, -0.2) is 4.43 Å². The summed E-state index contributed by atoms with van der Waals surface area (Å²) in [5, 5.41) is 0. The molecule has 0 amide bonds. The molecule has 0 fully saturated rings. The SMILES string of the molecule is CCC(C)C1CC(C)C(C)C2=C1CCC(CI)=C2. The van der Waals surface area contributed by atoms with Gasteiger partial charge in [0.25, 0.3) is 0 Å². The fourth-order valence-electron chi connectivity index (χ4n) is 3.67. The lowest BCUT2D eigenvalue weighted by atomic mass is 9.65. The molecule has 0 bridgehead atoms. The van der Waals surface area contributed by atoms with Crippen LogP contribution in [0.5, 0.6) is 0 Å². The normalized spacial score (nSPS) is 34.1. The van der Waals surface area contributed by atoms with E-state index in [0.717, 1.165) is 23.7 Å². The summed E-state index contributed by atoms with van der Waals surface area (Å²) in [6.45, 7) is 9.70. The van der Waals surface area contributed by atoms with Crippen molar-refractivity contribution in [2.75, 3.05) is 4.43 Å². The average molecular weight is 358 g/mol. The van der Waals surface area contributed by atoms with Gasteiger partial charge in [0, 0.05) is 4.43 Å². The largest absolute Gasteiger partial charge is 0.0815 e. The Labute approximate surface area is 126 Å². The van der Waals surface area contributed by atoms with Crippen molar-refractivity contribution in [2.45, 2.75) is 53.4 Å². The topological polar surface area (TPSA) is 0 Å². The first-order chi connectivity index (χ1) is 8.58. The lowest BCUT2D eigenvalue weighted by Crippen LogP contribution is -2.29. The highest BCUT2D eigenvalue weighted by atomic mass is 127. The van der Waals surface area contributed by atoms with Crippen molar-refractivity contribution < 1.29 is 0 Å². The molecule has 4 unspecified atom stereocenters. The molecule has 0 aliphatic heterocycles. The lowest BCUT2D eigenvalue weighted by Gasteiger charge is -2.41. The van der Waals surface area contributed by atoms with Gasteiger partial charge in [-0.05, 0) is 48.5 Å². The lowest BCUT2D eigenvalue weighted by molar-refractivity contribution is 0.255. The predicted octanol–water partition coefficient (Wildman–Crippen LogP) is 5.78. The fourth-order valence-corrected chi connectivity index (χ4v) is 4.27. The van der Waals surface area contributed by atoms with Crippen molar-refractivity contribution >= 4 is 22.6 Å². The zero-order valence-corrected chi connectivity index (χ0v) is 14.5. The maximum Gasteiger partial charge on any atom is 0.0209 e. The highest BCUT2D eigenvalue weighted by molar-refractivity contribution is 14.1. The molecule has 0 nitrogen and oxygen atoms in total. The fraction of sp³-hybridized carbons (Fsp3) is 0.765. The monoisotopic (exact) mass is 358 g/mol. The van der Waals surface area contributed by atoms with E-state index in [0.29, 0.717) is 0 Å². The molecule has 4 atom stereocenters. The molecule has 2 aliphatic carbocycles. The molecule has 102 valence electrons. The number of alkyl halides is 1. The van der Waals surface area contributed by atoms with Crippen molar-refractivity contribution in [3.05, 3.63) is 22.8 Å². The molecule has 2 aliphatic rings. The molecule has 0 spiro atoms. The van der Waals surface area contributed by atoms with E-state index in [1.165, 1.54) is 30.1 Å². The highest BCUT2D eigenvalue weighted by Crippen LogP contribution is 2.46. The molecule has 0 aromatic rings. The average Bonchev–Trinajstić information content (AvgIpc) is 2.41. The van der Waals surface area contributed by atoms with E-state index in [1.807, 2.05) is 5.57 Å². The number of rotatable bonds is 3. The van der Waals surface area contributed by atoms with Crippen LogP contribution in [0, 0.1) is 23.7 Å². The minimum Gasteiger partial charge on any atom is -0.0815 e. The van der Waals surface area contributed by atoms with E-state index in [1.54, 1.807) is 11.1 Å². The molecule has 2 rings (SSSR count). The van der Waals surface area contributed by atoms with Crippen molar-refractivity contribution in [1.82, 2.24) is 0 Å². The quantitative estimate of drug-likeness (QED) is 0.443. The van der Waals surface area contributed by atoms with Gasteiger partial charge in [-0.2, -0.15) is 0 Å². The summed E-state index contributed by atoms with van der Waals surface area (Å²) in [7, 11) is 0. The molecular weight excluding hydrogens is 331 g/mol. The van der Waals surface area contributed by atoms with E-state index in [-0.39, 0.29) is 0 Å². The first kappa shape index (κ1) is 14.6. The van der Waals surface area contributed by atoms with Crippen LogP contribution in [-0.2, 0) is 0 Å². The van der Waals surface area contributed by atoms with Crippen LogP contribution < -0.4 is 0 Å². The summed E-state index contributed by atoms with van der Waals surface area (Å²) in [4.78, 5) is 0. The number of allylic oxidation sites excluding steroid dienone is 4. The van der Waals surface area contributed by atoms with E-state index in [2.05, 4.69) is 56.4 Å². The third-order valence-electron chi connectivity index (χ3n) is 5.37. The second-order valence-electron chi connectivity index (χ2n) is 6.41. The first-order valence-electron chi connectivity index (χ1n) is 7.56. The third kappa shape index (κ3) is 2.71. The maximum absolute atomic E-state index is 2.56. The third-order valence-corrected chi connectivity index (χ3v) is 6.35. The van der Waals surface area contributed by atoms with Crippen LogP contribution in [0.4, 0.5) is 0 Å². The summed E-state index contributed by atoms with van der Waals surface area (Å²) >= 11 is 2.52. The minimum absolute atomic E-state index is 0.776. The standard InChI is InChI=1S/C17H27I/c1-5-11(2)16-8-12(3)13(4)17-9-14(10-18)6-7-15(16)17/h9,11-13,16H,5-8,10H2,1-4H3. The molecule has 0 saturated heterocycles. The Morgan fingerprint density at radius 3 is 2.67 bits per heavy atom. The van der Waals surface area contributed by atoms with E-state index in [9.17, 15) is 0 Å². The molecular formula is C17H27I. The molecule has 0 N–H and O–H groups in total. The molecule has 0 saturated carbocycles. The molecule has 0 heterocycles. The van der Waals surface area contributed by atoms with Gasteiger partial charge in [0.15, 0.2) is 0 Å². The Balaban J connectivity index is 2.36. The first-order valence-corrected chi connectivity index (χ1v) is 9.09. The van der Waals surface area contributed by atoms with Crippen molar-refractivity contribution in [1.29, 1.82) is 0 Å². The number of hydrogen-bond donors (Lipinski definition) is 0. The Kier molecular flexibility index (Phi) is 4.96. The maximum atomic E-state index is 2.56. The van der Waals surface area contributed by atoms with Gasteiger partial charge in [0.05, 0.1) is 0 Å². The van der Waals surface area contributed by atoms with Gasteiger partial charge in [-0.15, -0.1) is 0 Å². The van der Waals surface area contributed by atoms with Crippen molar-refractivity contribution in [3.63, 3.8) is 0 Å². The summed E-state index contributed by atoms with van der Waals surface area (Å²) in [6.07, 6.45) is 7.96. The van der Waals surface area contributed by atoms with Crippen LogP contribution in [0.3, 0.4) is 0 Å². The molecule has 0 aromatic heterocycles. The molecule has 1 heteroatoms. The summed E-state index contributed by atoms with van der Waals surface area (Å²) in [5.74, 6) is 3.36. The van der Waals surface area contributed by atoms with Gasteiger partial charge in [-0.3, -0.25) is 0 Å². The van der Waals surface area contributed by atoms with E-state index < -0.39 is 0 Å². The van der Waals surface area contributed by atoms with Crippen molar-refractivity contribution in [3.8, 4) is 0 Å². The van der Waals surface area contributed by atoms with Crippen LogP contribution in [0.2, 0.25) is 0 Å². The molecule has 0 aromatic carbocycles. The van der Waals surface area contributed by atoms with Gasteiger partial charge in [0.1, 0.15) is 0 Å². The Hall–Kier alpha value is 0.210. The number of hydrogen-bond acceptors (Lipinski definition) is 0. The highest BCUT2D eigenvalue weighted by Gasteiger charge is 2.34. The Morgan fingerprint density at radius 2 is 2.06 bits per heavy atom. The van der Waals surface area contributed by atoms with Gasteiger partial charge in [-0.1, -0.05) is 73.9 Å². The number of halogens is 1. The van der Waals surface area contributed by atoms with Crippen LogP contribution in [0.1, 0.15) is 53.4 Å². The summed E-state index contributed by atoms with van der Waals surface area (Å²) in [6, 6.07) is 0. The summed E-state index contributed by atoms with van der Waals surface area (Å²) in [5.41, 5.74) is 5.21. The van der Waals surface area contributed by atoms with Gasteiger partial charge in [-0.25, -0.2) is 0 Å². The van der Waals surface area contributed by atoms with Gasteiger partial charge >= 0.3 is 0 Å². The van der Waals surface area contributed by atoms with Gasteiger partial charge < -0.3 is 0 Å². The smallest absolute Gasteiger partial charge is 0.0209 e. The second kappa shape index (κ2) is 6.11. The Bertz CT molecular complexity index is 364. The second-order valence-corrected chi connectivity index (χ2v) is 7.17. The van der Waals surface area contributed by atoms with Gasteiger partial charge in [0.2, 0.25) is 0 Å². The van der Waals surface area contributed by atoms with Crippen LogP contribution in [0.15, 0.2) is 22.8 Å². The summed E-state index contributed by atoms with van der Waals surface area (Å²) < 4.78 is 1.21.